The lowest BCUT2D eigenvalue weighted by Crippen LogP contribution is -2.45. The number of aliphatic hydroxyl groups excluding tert-OH is 1. The summed E-state index contributed by atoms with van der Waals surface area (Å²) in [5, 5.41) is 22.9. The van der Waals surface area contributed by atoms with Gasteiger partial charge in [0.15, 0.2) is 11.5 Å². The number of phenols is 1. The predicted octanol–water partition coefficient (Wildman–Crippen LogP) is 0.729. The highest BCUT2D eigenvalue weighted by atomic mass is 16.5. The zero-order chi connectivity index (χ0) is 13.7. The minimum atomic E-state index is 0.0298. The molecule has 2 rings (SSSR count). The van der Waals surface area contributed by atoms with Crippen molar-refractivity contribution in [1.29, 1.82) is 0 Å². The molecule has 0 radical (unpaired) electrons. The number of ether oxygens (including phenoxy) is 1. The van der Waals surface area contributed by atoms with Crippen molar-refractivity contribution in [3.8, 4) is 11.5 Å². The highest BCUT2D eigenvalue weighted by Crippen LogP contribution is 2.37. The van der Waals surface area contributed by atoms with Gasteiger partial charge in [0.25, 0.3) is 0 Å². The van der Waals surface area contributed by atoms with E-state index in [-0.39, 0.29) is 18.4 Å². The van der Waals surface area contributed by atoms with Gasteiger partial charge in [0.05, 0.1) is 7.11 Å². The lowest BCUT2D eigenvalue weighted by atomic mass is 10.00. The van der Waals surface area contributed by atoms with Crippen LogP contribution in [0.3, 0.4) is 0 Å². The summed E-state index contributed by atoms with van der Waals surface area (Å²) in [4.78, 5) is 2.29. The molecule has 1 heterocycles. The van der Waals surface area contributed by atoms with Gasteiger partial charge in [0.2, 0.25) is 0 Å². The fourth-order valence-corrected chi connectivity index (χ4v) is 2.62. The second-order valence-electron chi connectivity index (χ2n) is 4.71. The van der Waals surface area contributed by atoms with E-state index in [1.807, 2.05) is 12.1 Å². The Morgan fingerprint density at radius 1 is 1.37 bits per heavy atom. The van der Waals surface area contributed by atoms with Gasteiger partial charge < -0.3 is 20.3 Å². The molecule has 0 aromatic heterocycles. The zero-order valence-corrected chi connectivity index (χ0v) is 11.3. The first-order chi connectivity index (χ1) is 9.27. The second-order valence-corrected chi connectivity index (χ2v) is 4.71. The van der Waals surface area contributed by atoms with E-state index in [9.17, 15) is 10.2 Å². The van der Waals surface area contributed by atoms with Gasteiger partial charge in [0.1, 0.15) is 0 Å². The first-order valence-corrected chi connectivity index (χ1v) is 6.69. The van der Waals surface area contributed by atoms with Gasteiger partial charge in [-0.3, -0.25) is 4.90 Å². The van der Waals surface area contributed by atoms with E-state index in [2.05, 4.69) is 10.2 Å². The number of aromatic hydroxyl groups is 1. The Kier molecular flexibility index (Phi) is 5.01. The van der Waals surface area contributed by atoms with Crippen LogP contribution >= 0.6 is 0 Å². The van der Waals surface area contributed by atoms with Crippen molar-refractivity contribution in [3.05, 3.63) is 23.8 Å². The van der Waals surface area contributed by atoms with Gasteiger partial charge in [-0.2, -0.15) is 0 Å². The van der Waals surface area contributed by atoms with Gasteiger partial charge in [-0.1, -0.05) is 12.1 Å². The van der Waals surface area contributed by atoms with E-state index in [0.717, 1.165) is 31.7 Å². The number of phenolic OH excluding ortho intramolecular Hbond substituents is 1. The molecule has 5 heteroatoms. The largest absolute Gasteiger partial charge is 0.504 e. The van der Waals surface area contributed by atoms with E-state index < -0.39 is 0 Å². The summed E-state index contributed by atoms with van der Waals surface area (Å²) in [5.74, 6) is 0.664. The molecular formula is C14H22N2O3. The number of piperazine rings is 1. The standard InChI is InChI=1S/C14H22N2O3/c1-19-13-4-2-3-11(14(13)18)12(5-10-17)16-8-6-15-7-9-16/h2-4,12,15,17-18H,5-10H2,1H3/t12-/m0/s1. The first kappa shape index (κ1) is 14.1. The van der Waals surface area contributed by atoms with Crippen LogP contribution in [0.2, 0.25) is 0 Å². The number of rotatable bonds is 5. The summed E-state index contributed by atoms with van der Waals surface area (Å²) in [6.07, 6.45) is 0.612. The molecule has 1 atom stereocenters. The van der Waals surface area contributed by atoms with E-state index in [1.54, 1.807) is 13.2 Å². The SMILES string of the molecule is COc1cccc([C@H](CCO)N2CCNCC2)c1O. The van der Waals surface area contributed by atoms with Crippen molar-refractivity contribution in [1.82, 2.24) is 10.2 Å². The molecular weight excluding hydrogens is 244 g/mol. The number of benzene rings is 1. The maximum atomic E-state index is 10.3. The summed E-state index contributed by atoms with van der Waals surface area (Å²) >= 11 is 0. The molecule has 0 bridgehead atoms. The Morgan fingerprint density at radius 3 is 2.74 bits per heavy atom. The van der Waals surface area contributed by atoms with Crippen LogP contribution in [0.5, 0.6) is 11.5 Å². The van der Waals surface area contributed by atoms with Crippen LogP contribution in [0.4, 0.5) is 0 Å². The van der Waals surface area contributed by atoms with Crippen LogP contribution in [0.15, 0.2) is 18.2 Å². The smallest absolute Gasteiger partial charge is 0.162 e. The minimum absolute atomic E-state index is 0.0298. The lowest BCUT2D eigenvalue weighted by molar-refractivity contribution is 0.138. The Morgan fingerprint density at radius 2 is 2.11 bits per heavy atom. The third-order valence-electron chi connectivity index (χ3n) is 3.60. The monoisotopic (exact) mass is 266 g/mol. The van der Waals surface area contributed by atoms with Crippen LogP contribution in [-0.4, -0.2) is 55.0 Å². The van der Waals surface area contributed by atoms with Crippen molar-refractivity contribution in [2.45, 2.75) is 12.5 Å². The number of aliphatic hydroxyl groups is 1. The van der Waals surface area contributed by atoms with E-state index in [1.165, 1.54) is 0 Å². The fourth-order valence-electron chi connectivity index (χ4n) is 2.62. The summed E-state index contributed by atoms with van der Waals surface area (Å²) in [6.45, 7) is 3.81. The average molecular weight is 266 g/mol. The Labute approximate surface area is 113 Å². The summed E-state index contributed by atoms with van der Waals surface area (Å²) < 4.78 is 5.16. The molecule has 1 aliphatic rings. The molecule has 106 valence electrons. The summed E-state index contributed by atoms with van der Waals surface area (Å²) in [6, 6.07) is 5.55. The van der Waals surface area contributed by atoms with Crippen molar-refractivity contribution in [2.75, 3.05) is 39.9 Å². The number of para-hydroxylation sites is 1. The molecule has 1 fully saturated rings. The highest BCUT2D eigenvalue weighted by Gasteiger charge is 2.25. The first-order valence-electron chi connectivity index (χ1n) is 6.69. The van der Waals surface area contributed by atoms with Crippen molar-refractivity contribution < 1.29 is 14.9 Å². The predicted molar refractivity (Wildman–Crippen MR) is 73.5 cm³/mol. The van der Waals surface area contributed by atoms with Crippen molar-refractivity contribution in [2.24, 2.45) is 0 Å². The second kappa shape index (κ2) is 6.75. The van der Waals surface area contributed by atoms with Crippen molar-refractivity contribution >= 4 is 0 Å². The molecule has 0 unspecified atom stereocenters. The molecule has 5 nitrogen and oxygen atoms in total. The van der Waals surface area contributed by atoms with Crippen LogP contribution in [-0.2, 0) is 0 Å². The van der Waals surface area contributed by atoms with E-state index in [0.29, 0.717) is 12.2 Å². The maximum Gasteiger partial charge on any atom is 0.162 e. The molecule has 1 aromatic carbocycles. The third-order valence-corrected chi connectivity index (χ3v) is 3.60. The van der Waals surface area contributed by atoms with Crippen LogP contribution in [0, 0.1) is 0 Å². The van der Waals surface area contributed by atoms with Gasteiger partial charge in [-0.05, 0) is 12.5 Å². The molecule has 0 amide bonds. The number of methoxy groups -OCH3 is 1. The van der Waals surface area contributed by atoms with Crippen LogP contribution < -0.4 is 10.1 Å². The summed E-state index contributed by atoms with van der Waals surface area (Å²) in [7, 11) is 1.55. The van der Waals surface area contributed by atoms with Crippen LogP contribution in [0.1, 0.15) is 18.0 Å². The van der Waals surface area contributed by atoms with Gasteiger partial charge in [-0.25, -0.2) is 0 Å². The summed E-state index contributed by atoms with van der Waals surface area (Å²) in [5.41, 5.74) is 0.829. The molecule has 1 aliphatic heterocycles. The van der Waals surface area contributed by atoms with Crippen LogP contribution in [0.25, 0.3) is 0 Å². The molecule has 1 aromatic rings. The van der Waals surface area contributed by atoms with Gasteiger partial charge >= 0.3 is 0 Å². The molecule has 0 spiro atoms. The van der Waals surface area contributed by atoms with E-state index in [4.69, 9.17) is 4.74 Å². The van der Waals surface area contributed by atoms with E-state index >= 15 is 0 Å². The minimum Gasteiger partial charge on any atom is -0.504 e. The number of nitrogens with zero attached hydrogens (tertiary/aromatic N) is 1. The normalized spacial score (nSPS) is 18.2. The Balaban J connectivity index is 2.27. The maximum absolute atomic E-state index is 10.3. The average Bonchev–Trinajstić information content (AvgIpc) is 2.46. The number of hydrogen-bond donors (Lipinski definition) is 3. The molecule has 0 aliphatic carbocycles. The zero-order valence-electron chi connectivity index (χ0n) is 11.3. The van der Waals surface area contributed by atoms with Gasteiger partial charge in [0, 0.05) is 44.4 Å². The lowest BCUT2D eigenvalue weighted by Gasteiger charge is -2.35. The molecule has 0 saturated carbocycles. The number of hydrogen-bond acceptors (Lipinski definition) is 5. The Hall–Kier alpha value is -1.30. The third kappa shape index (κ3) is 3.18. The van der Waals surface area contributed by atoms with Gasteiger partial charge in [-0.15, -0.1) is 0 Å². The van der Waals surface area contributed by atoms with Crippen molar-refractivity contribution in [3.63, 3.8) is 0 Å². The molecule has 3 N–H and O–H groups in total. The number of nitrogens with one attached hydrogen (secondary N) is 1. The highest BCUT2D eigenvalue weighted by molar-refractivity contribution is 5.46. The fraction of sp³-hybridized carbons (Fsp3) is 0.571. The quantitative estimate of drug-likeness (QED) is 0.733. The molecule has 1 saturated heterocycles. The Bertz CT molecular complexity index is 406. The molecule has 19 heavy (non-hydrogen) atoms. The topological polar surface area (TPSA) is 65.0 Å².